The van der Waals surface area contributed by atoms with Crippen molar-refractivity contribution >= 4 is 45.1 Å². The van der Waals surface area contributed by atoms with E-state index in [-0.39, 0.29) is 22.4 Å². The summed E-state index contributed by atoms with van der Waals surface area (Å²) in [7, 11) is -3.58. The number of piperidine rings is 1. The van der Waals surface area contributed by atoms with Crippen molar-refractivity contribution in [1.82, 2.24) is 14.5 Å². The molecule has 1 aliphatic heterocycles. The molecule has 1 saturated heterocycles. The summed E-state index contributed by atoms with van der Waals surface area (Å²) in [6.45, 7) is 3.12. The quantitative estimate of drug-likeness (QED) is 0.550. The molecule has 1 amide bonds. The van der Waals surface area contributed by atoms with E-state index >= 15 is 0 Å². The number of nitrogens with zero attached hydrogens (tertiary/aromatic N) is 3. The van der Waals surface area contributed by atoms with Gasteiger partial charge in [-0.15, -0.1) is 5.10 Å². The lowest BCUT2D eigenvalue weighted by atomic mass is 10.0. The zero-order valence-electron chi connectivity index (χ0n) is 17.1. The Morgan fingerprint density at radius 3 is 2.31 bits per heavy atom. The number of benzene rings is 2. The Balaban J connectivity index is 1.45. The van der Waals surface area contributed by atoms with Gasteiger partial charge in [-0.05, 0) is 61.2 Å². The highest BCUT2D eigenvalue weighted by molar-refractivity contribution is 7.89. The summed E-state index contributed by atoms with van der Waals surface area (Å²) in [5, 5.41) is 11.0. The maximum absolute atomic E-state index is 12.8. The molecule has 32 heavy (non-hydrogen) atoms. The van der Waals surface area contributed by atoms with Gasteiger partial charge in [0.25, 0.3) is 5.91 Å². The smallest absolute Gasteiger partial charge is 0.322 e. The SMILES string of the molecule is CC1CCN(S(=O)(=O)c2ccc(C(=O)Nc3nnc(-c4cc(Cl)cc(Cl)c4)o3)cc2)CC1. The Morgan fingerprint density at radius 1 is 1.06 bits per heavy atom. The van der Waals surface area contributed by atoms with E-state index in [0.29, 0.717) is 34.6 Å². The van der Waals surface area contributed by atoms with Crippen LogP contribution in [0.2, 0.25) is 10.0 Å². The molecule has 0 spiro atoms. The van der Waals surface area contributed by atoms with Gasteiger partial charge in [0, 0.05) is 34.3 Å². The van der Waals surface area contributed by atoms with Crippen molar-refractivity contribution in [3.05, 3.63) is 58.1 Å². The number of aromatic nitrogens is 2. The number of hydrogen-bond donors (Lipinski definition) is 1. The zero-order chi connectivity index (χ0) is 22.9. The van der Waals surface area contributed by atoms with Crippen LogP contribution in [0.4, 0.5) is 6.01 Å². The molecule has 2 heterocycles. The molecular weight excluding hydrogens is 475 g/mol. The Hall–Kier alpha value is -2.46. The molecule has 1 aromatic heterocycles. The van der Waals surface area contributed by atoms with Gasteiger partial charge in [-0.25, -0.2) is 8.42 Å². The third-order valence-corrected chi connectivity index (χ3v) is 7.60. The Morgan fingerprint density at radius 2 is 1.69 bits per heavy atom. The largest absolute Gasteiger partial charge is 0.403 e. The van der Waals surface area contributed by atoms with Gasteiger partial charge in [-0.2, -0.15) is 4.31 Å². The fourth-order valence-electron chi connectivity index (χ4n) is 3.39. The summed E-state index contributed by atoms with van der Waals surface area (Å²) in [5.74, 6) is 0.149. The lowest BCUT2D eigenvalue weighted by Crippen LogP contribution is -2.37. The lowest BCUT2D eigenvalue weighted by molar-refractivity contribution is 0.102. The van der Waals surface area contributed by atoms with E-state index in [1.165, 1.54) is 28.6 Å². The van der Waals surface area contributed by atoms with Crippen LogP contribution in [0.1, 0.15) is 30.1 Å². The molecule has 8 nitrogen and oxygen atoms in total. The Labute approximate surface area is 195 Å². The van der Waals surface area contributed by atoms with Gasteiger partial charge in [0.2, 0.25) is 15.9 Å². The second-order valence-electron chi connectivity index (χ2n) is 7.64. The van der Waals surface area contributed by atoms with Crippen molar-refractivity contribution in [2.75, 3.05) is 18.4 Å². The van der Waals surface area contributed by atoms with E-state index in [2.05, 4.69) is 22.4 Å². The maximum atomic E-state index is 12.8. The van der Waals surface area contributed by atoms with Crippen LogP contribution in [0.3, 0.4) is 0 Å². The van der Waals surface area contributed by atoms with Crippen molar-refractivity contribution < 1.29 is 17.6 Å². The summed E-state index contributed by atoms with van der Waals surface area (Å²) in [4.78, 5) is 12.7. The fraction of sp³-hybridized carbons (Fsp3) is 0.286. The predicted octanol–water partition coefficient (Wildman–Crippen LogP) is 4.72. The number of carbonyl (C=O) groups is 1. The van der Waals surface area contributed by atoms with Gasteiger partial charge in [0.15, 0.2) is 0 Å². The minimum absolute atomic E-state index is 0.111. The van der Waals surface area contributed by atoms with Gasteiger partial charge in [-0.1, -0.05) is 35.2 Å². The molecule has 0 aliphatic carbocycles. The van der Waals surface area contributed by atoms with Crippen LogP contribution in [-0.4, -0.2) is 41.9 Å². The molecule has 1 aliphatic rings. The molecule has 0 atom stereocenters. The molecule has 2 aromatic carbocycles. The minimum atomic E-state index is -3.58. The molecule has 3 aromatic rings. The number of sulfonamides is 1. The first-order valence-electron chi connectivity index (χ1n) is 9.94. The van der Waals surface area contributed by atoms with Gasteiger partial charge in [0.1, 0.15) is 0 Å². The van der Waals surface area contributed by atoms with E-state index in [1.807, 2.05) is 0 Å². The Bertz CT molecular complexity index is 1220. The highest BCUT2D eigenvalue weighted by atomic mass is 35.5. The molecule has 168 valence electrons. The van der Waals surface area contributed by atoms with Crippen LogP contribution in [0.15, 0.2) is 51.8 Å². The number of rotatable bonds is 5. The van der Waals surface area contributed by atoms with E-state index in [0.717, 1.165) is 12.8 Å². The van der Waals surface area contributed by atoms with Gasteiger partial charge < -0.3 is 4.42 Å². The number of hydrogen-bond acceptors (Lipinski definition) is 6. The fourth-order valence-corrected chi connectivity index (χ4v) is 5.39. The van der Waals surface area contributed by atoms with Gasteiger partial charge >= 0.3 is 6.01 Å². The second-order valence-corrected chi connectivity index (χ2v) is 10.4. The van der Waals surface area contributed by atoms with Gasteiger partial charge in [-0.3, -0.25) is 10.1 Å². The first-order chi connectivity index (χ1) is 15.2. The van der Waals surface area contributed by atoms with Crippen LogP contribution < -0.4 is 5.32 Å². The minimum Gasteiger partial charge on any atom is -0.403 e. The molecule has 1 fully saturated rings. The molecular formula is C21H20Cl2N4O4S. The number of halogens is 2. The first kappa shape index (κ1) is 22.7. The van der Waals surface area contributed by atoms with Crippen LogP contribution in [0.5, 0.6) is 0 Å². The molecule has 0 unspecified atom stereocenters. The topological polar surface area (TPSA) is 105 Å². The molecule has 11 heteroatoms. The van der Waals surface area contributed by atoms with Crippen molar-refractivity contribution in [3.8, 4) is 11.5 Å². The van der Waals surface area contributed by atoms with Crippen molar-refractivity contribution in [2.24, 2.45) is 5.92 Å². The van der Waals surface area contributed by atoms with E-state index in [1.54, 1.807) is 18.2 Å². The Kier molecular flexibility index (Phi) is 6.52. The lowest BCUT2D eigenvalue weighted by Gasteiger charge is -2.29. The number of anilines is 1. The van der Waals surface area contributed by atoms with Crippen molar-refractivity contribution in [2.45, 2.75) is 24.7 Å². The summed E-state index contributed by atoms with van der Waals surface area (Å²) in [5.41, 5.74) is 0.763. The van der Waals surface area contributed by atoms with E-state index in [4.69, 9.17) is 27.6 Å². The highest BCUT2D eigenvalue weighted by Gasteiger charge is 2.28. The zero-order valence-corrected chi connectivity index (χ0v) is 19.4. The third kappa shape index (κ3) is 4.96. The summed E-state index contributed by atoms with van der Waals surface area (Å²) >= 11 is 12.0. The molecule has 0 bridgehead atoms. The predicted molar refractivity (Wildman–Crippen MR) is 121 cm³/mol. The van der Waals surface area contributed by atoms with E-state index in [9.17, 15) is 13.2 Å². The number of amides is 1. The average Bonchev–Trinajstić information content (AvgIpc) is 3.22. The summed E-state index contributed by atoms with van der Waals surface area (Å²) in [6.07, 6.45) is 1.68. The van der Waals surface area contributed by atoms with Crippen LogP contribution in [-0.2, 0) is 10.0 Å². The number of carbonyl (C=O) groups excluding carboxylic acids is 1. The molecule has 0 saturated carbocycles. The van der Waals surface area contributed by atoms with Gasteiger partial charge in [0.05, 0.1) is 4.90 Å². The summed E-state index contributed by atoms with van der Waals surface area (Å²) in [6, 6.07) is 10.4. The average molecular weight is 495 g/mol. The first-order valence-corrected chi connectivity index (χ1v) is 12.1. The van der Waals surface area contributed by atoms with Crippen molar-refractivity contribution in [1.29, 1.82) is 0 Å². The third-order valence-electron chi connectivity index (χ3n) is 5.25. The molecule has 1 N–H and O–H groups in total. The highest BCUT2D eigenvalue weighted by Crippen LogP contribution is 2.27. The van der Waals surface area contributed by atoms with E-state index < -0.39 is 15.9 Å². The van der Waals surface area contributed by atoms with Crippen LogP contribution >= 0.6 is 23.2 Å². The van der Waals surface area contributed by atoms with Crippen LogP contribution in [0, 0.1) is 5.92 Å². The maximum Gasteiger partial charge on any atom is 0.322 e. The van der Waals surface area contributed by atoms with Crippen molar-refractivity contribution in [3.63, 3.8) is 0 Å². The standard InChI is InChI=1S/C21H20Cl2N4O4S/c1-13-6-8-27(9-7-13)32(29,30)18-4-2-14(3-5-18)19(28)24-21-26-25-20(31-21)15-10-16(22)12-17(23)11-15/h2-5,10-13H,6-9H2,1H3,(H,24,26,28). The molecule has 0 radical (unpaired) electrons. The summed E-state index contributed by atoms with van der Waals surface area (Å²) < 4.78 is 32.6. The second kappa shape index (κ2) is 9.19. The van der Waals surface area contributed by atoms with Crippen LogP contribution in [0.25, 0.3) is 11.5 Å². The normalized spacial score (nSPS) is 15.6. The molecule has 4 rings (SSSR count). The monoisotopic (exact) mass is 494 g/mol. The number of nitrogens with one attached hydrogen (secondary N) is 1.